The third-order valence-electron chi connectivity index (χ3n) is 9.78. The Morgan fingerprint density at radius 2 is 1.00 bits per heavy atom. The van der Waals surface area contributed by atoms with E-state index in [1.165, 1.54) is 116 Å². The van der Waals surface area contributed by atoms with Crippen molar-refractivity contribution in [2.45, 2.75) is 181 Å². The number of carboxylic acids is 1. The van der Waals surface area contributed by atoms with Crippen LogP contribution in [0, 0.1) is 5.92 Å². The second-order valence-corrected chi connectivity index (χ2v) is 15.3. The van der Waals surface area contributed by atoms with Gasteiger partial charge in [-0.25, -0.2) is 0 Å². The molecule has 1 N–H and O–H groups in total. The SMILES string of the molecule is CCCCC/C=C\C/C=C\CCCCCCCCOc1cc(CC(CCN(C)C)C(=O)O)cc(OCCCCCCCC/C=C\C/C=C\CCCCC)n1. The van der Waals surface area contributed by atoms with Gasteiger partial charge in [0.1, 0.15) is 0 Å². The molecule has 0 aliphatic carbocycles. The first-order valence-corrected chi connectivity index (χ1v) is 22.2. The van der Waals surface area contributed by atoms with Crippen LogP contribution in [0.2, 0.25) is 0 Å². The number of ether oxygens (including phenoxy) is 2. The lowest BCUT2D eigenvalue weighted by atomic mass is 9.96. The number of allylic oxidation sites excluding steroid dienone is 8. The summed E-state index contributed by atoms with van der Waals surface area (Å²) in [5, 5.41) is 9.91. The Hall–Kier alpha value is -2.86. The van der Waals surface area contributed by atoms with Gasteiger partial charge in [-0.3, -0.25) is 4.79 Å². The highest BCUT2D eigenvalue weighted by molar-refractivity contribution is 5.70. The molecule has 54 heavy (non-hydrogen) atoms. The van der Waals surface area contributed by atoms with E-state index in [0.29, 0.717) is 37.8 Å². The maximum absolute atomic E-state index is 12.1. The van der Waals surface area contributed by atoms with Crippen LogP contribution < -0.4 is 9.47 Å². The van der Waals surface area contributed by atoms with Crippen molar-refractivity contribution < 1.29 is 19.4 Å². The van der Waals surface area contributed by atoms with Gasteiger partial charge in [-0.15, -0.1) is 0 Å². The molecule has 1 unspecified atom stereocenters. The highest BCUT2D eigenvalue weighted by atomic mass is 16.5. The van der Waals surface area contributed by atoms with Gasteiger partial charge in [0.2, 0.25) is 11.8 Å². The van der Waals surface area contributed by atoms with Crippen LogP contribution >= 0.6 is 0 Å². The van der Waals surface area contributed by atoms with Gasteiger partial charge >= 0.3 is 5.97 Å². The van der Waals surface area contributed by atoms with E-state index in [0.717, 1.165) is 50.6 Å². The average molecular weight is 751 g/mol. The number of pyridine rings is 1. The molecule has 0 saturated carbocycles. The van der Waals surface area contributed by atoms with Crippen molar-refractivity contribution in [3.8, 4) is 11.8 Å². The van der Waals surface area contributed by atoms with Crippen LogP contribution in [0.5, 0.6) is 11.8 Å². The smallest absolute Gasteiger partial charge is 0.306 e. The summed E-state index contributed by atoms with van der Waals surface area (Å²) in [6.45, 7) is 6.46. The maximum Gasteiger partial charge on any atom is 0.306 e. The largest absolute Gasteiger partial charge is 0.481 e. The van der Waals surface area contributed by atoms with Crippen LogP contribution in [0.3, 0.4) is 0 Å². The van der Waals surface area contributed by atoms with Crippen molar-refractivity contribution in [3.63, 3.8) is 0 Å². The molecule has 0 aromatic carbocycles. The summed E-state index contributed by atoms with van der Waals surface area (Å²) in [6.07, 6.45) is 48.6. The molecule has 0 saturated heterocycles. The molecule has 0 amide bonds. The number of hydrogen-bond acceptors (Lipinski definition) is 5. The van der Waals surface area contributed by atoms with E-state index in [-0.39, 0.29) is 0 Å². The highest BCUT2D eigenvalue weighted by Crippen LogP contribution is 2.23. The molecule has 0 aliphatic rings. The first-order chi connectivity index (χ1) is 26.5. The molecule has 6 heteroatoms. The highest BCUT2D eigenvalue weighted by Gasteiger charge is 2.19. The average Bonchev–Trinajstić information content (AvgIpc) is 3.15. The normalized spacial score (nSPS) is 12.7. The number of nitrogens with zero attached hydrogens (tertiary/aromatic N) is 2. The fourth-order valence-corrected chi connectivity index (χ4v) is 6.34. The van der Waals surface area contributed by atoms with Crippen molar-refractivity contribution in [1.29, 1.82) is 0 Å². The maximum atomic E-state index is 12.1. The van der Waals surface area contributed by atoms with Crippen LogP contribution in [-0.4, -0.2) is 54.8 Å². The molecule has 1 aromatic heterocycles. The van der Waals surface area contributed by atoms with E-state index in [1.54, 1.807) is 0 Å². The number of carboxylic acid groups (broad SMARTS) is 1. The Balaban J connectivity index is 2.39. The van der Waals surface area contributed by atoms with Crippen molar-refractivity contribution in [2.75, 3.05) is 33.9 Å². The van der Waals surface area contributed by atoms with Crippen molar-refractivity contribution in [1.82, 2.24) is 9.88 Å². The molecular formula is C48H82N2O4. The number of carbonyl (C=O) groups is 1. The second kappa shape index (κ2) is 37.1. The monoisotopic (exact) mass is 751 g/mol. The van der Waals surface area contributed by atoms with E-state index in [4.69, 9.17) is 9.47 Å². The Bertz CT molecular complexity index is 1060. The number of unbranched alkanes of at least 4 members (excludes halogenated alkanes) is 18. The molecule has 0 radical (unpaired) electrons. The first-order valence-electron chi connectivity index (χ1n) is 22.2. The molecule has 1 heterocycles. The summed E-state index contributed by atoms with van der Waals surface area (Å²) >= 11 is 0. The molecule has 308 valence electrons. The zero-order valence-corrected chi connectivity index (χ0v) is 35.4. The van der Waals surface area contributed by atoms with Crippen LogP contribution in [-0.2, 0) is 11.2 Å². The predicted molar refractivity (Wildman–Crippen MR) is 232 cm³/mol. The van der Waals surface area contributed by atoms with Gasteiger partial charge in [0.05, 0.1) is 19.1 Å². The fraction of sp³-hybridized carbons (Fsp3) is 0.708. The van der Waals surface area contributed by atoms with Gasteiger partial charge in [-0.05, 0) is 116 Å². The Morgan fingerprint density at radius 3 is 1.39 bits per heavy atom. The minimum absolute atomic E-state index is 0.439. The summed E-state index contributed by atoms with van der Waals surface area (Å²) in [4.78, 5) is 18.8. The molecule has 0 spiro atoms. The quantitative estimate of drug-likeness (QED) is 0.0536. The summed E-state index contributed by atoms with van der Waals surface area (Å²) in [6, 6.07) is 3.82. The number of rotatable bonds is 38. The van der Waals surface area contributed by atoms with Crippen LogP contribution in [0.15, 0.2) is 60.7 Å². The third kappa shape index (κ3) is 31.5. The van der Waals surface area contributed by atoms with Crippen LogP contribution in [0.1, 0.15) is 180 Å². The zero-order valence-electron chi connectivity index (χ0n) is 35.4. The van der Waals surface area contributed by atoms with Gasteiger partial charge in [-0.2, -0.15) is 4.98 Å². The first kappa shape index (κ1) is 49.2. The standard InChI is InChI=1S/C48H82N2O4/c1-5-7-9-11-13-15-17-19-21-23-25-27-29-31-33-35-39-53-46-42-44(41-45(48(51)52)37-38-50(3)4)43-47(49-46)54-40-36-34-32-30-28-26-24-22-20-18-16-14-12-10-8-6-2/h13-16,19-22,42-43,45H,5-12,17-18,23-41H2,1-4H3,(H,51,52)/b15-13-,16-14-,21-19-,22-20-. The summed E-state index contributed by atoms with van der Waals surface area (Å²) < 4.78 is 12.2. The van der Waals surface area contributed by atoms with Gasteiger partial charge in [0.25, 0.3) is 0 Å². The van der Waals surface area contributed by atoms with E-state index in [2.05, 4.69) is 67.4 Å². The van der Waals surface area contributed by atoms with Crippen molar-refractivity contribution in [2.24, 2.45) is 5.92 Å². The lowest BCUT2D eigenvalue weighted by Gasteiger charge is -2.17. The van der Waals surface area contributed by atoms with E-state index in [9.17, 15) is 9.90 Å². The van der Waals surface area contributed by atoms with Crippen LogP contribution in [0.4, 0.5) is 0 Å². The fourth-order valence-electron chi connectivity index (χ4n) is 6.34. The summed E-state index contributed by atoms with van der Waals surface area (Å²) in [5.41, 5.74) is 0.912. The predicted octanol–water partition coefficient (Wildman–Crippen LogP) is 13.7. The van der Waals surface area contributed by atoms with Gasteiger partial charge in [0.15, 0.2) is 0 Å². The third-order valence-corrected chi connectivity index (χ3v) is 9.78. The number of aliphatic carboxylic acids is 1. The lowest BCUT2D eigenvalue weighted by Crippen LogP contribution is -2.23. The minimum atomic E-state index is -0.763. The molecule has 1 atom stereocenters. The molecule has 6 nitrogen and oxygen atoms in total. The molecule has 0 aliphatic heterocycles. The van der Waals surface area contributed by atoms with E-state index in [1.807, 2.05) is 31.1 Å². The Morgan fingerprint density at radius 1 is 0.611 bits per heavy atom. The zero-order chi connectivity index (χ0) is 39.2. The molecule has 1 rings (SSSR count). The van der Waals surface area contributed by atoms with Gasteiger partial charge in [0, 0.05) is 12.1 Å². The topological polar surface area (TPSA) is 71.9 Å². The van der Waals surface area contributed by atoms with Crippen molar-refractivity contribution in [3.05, 3.63) is 66.3 Å². The van der Waals surface area contributed by atoms with E-state index < -0.39 is 11.9 Å². The lowest BCUT2D eigenvalue weighted by molar-refractivity contribution is -0.142. The molecular weight excluding hydrogens is 669 g/mol. The van der Waals surface area contributed by atoms with Crippen molar-refractivity contribution >= 4 is 5.97 Å². The second-order valence-electron chi connectivity index (χ2n) is 15.3. The Kier molecular flexibility index (Phi) is 33.8. The number of hydrogen-bond donors (Lipinski definition) is 1. The molecule has 1 aromatic rings. The Labute approximate surface area is 333 Å². The van der Waals surface area contributed by atoms with Gasteiger partial charge < -0.3 is 19.5 Å². The molecule has 0 bridgehead atoms. The van der Waals surface area contributed by atoms with Gasteiger partial charge in [-0.1, -0.05) is 140 Å². The molecule has 0 fully saturated rings. The van der Waals surface area contributed by atoms with Crippen LogP contribution in [0.25, 0.3) is 0 Å². The van der Waals surface area contributed by atoms with E-state index >= 15 is 0 Å². The minimum Gasteiger partial charge on any atom is -0.481 e. The number of aromatic nitrogens is 1. The summed E-state index contributed by atoms with van der Waals surface area (Å²) in [7, 11) is 3.96. The summed E-state index contributed by atoms with van der Waals surface area (Å²) in [5.74, 6) is -0.144.